The van der Waals surface area contributed by atoms with Crippen molar-refractivity contribution in [1.29, 1.82) is 0 Å². The first-order chi connectivity index (χ1) is 9.17. The van der Waals surface area contributed by atoms with E-state index in [0.717, 1.165) is 11.3 Å². The highest BCUT2D eigenvalue weighted by Crippen LogP contribution is 2.19. The zero-order valence-electron chi connectivity index (χ0n) is 11.0. The fourth-order valence-corrected chi connectivity index (χ4v) is 2.08. The summed E-state index contributed by atoms with van der Waals surface area (Å²) < 4.78 is 1.58. The number of aryl methyl sites for hydroxylation is 1. The highest BCUT2D eigenvalue weighted by Gasteiger charge is 2.09. The van der Waals surface area contributed by atoms with Crippen LogP contribution < -0.4 is 11.3 Å². The van der Waals surface area contributed by atoms with Crippen LogP contribution in [0.1, 0.15) is 11.1 Å². The maximum absolute atomic E-state index is 12.2. The number of hydrogen-bond donors (Lipinski definition) is 2. The monoisotopic (exact) mass is 258 g/mol. The van der Waals surface area contributed by atoms with E-state index in [2.05, 4.69) is 0 Å². The highest BCUT2D eigenvalue weighted by atomic mass is 16.3. The molecule has 0 atom stereocenters. The molecule has 19 heavy (non-hydrogen) atoms. The molecule has 0 spiro atoms. The van der Waals surface area contributed by atoms with Crippen LogP contribution in [0.15, 0.2) is 41.2 Å². The third-order valence-corrected chi connectivity index (χ3v) is 3.14. The van der Waals surface area contributed by atoms with Crippen LogP contribution in [-0.4, -0.2) is 16.3 Å². The molecule has 0 bridgehead atoms. The van der Waals surface area contributed by atoms with E-state index in [1.807, 2.05) is 37.3 Å². The largest absolute Gasteiger partial charge is 0.395 e. The molecule has 2 rings (SSSR count). The van der Waals surface area contributed by atoms with Gasteiger partial charge in [0.05, 0.1) is 12.3 Å². The van der Waals surface area contributed by atoms with Crippen LogP contribution in [0, 0.1) is 6.92 Å². The minimum Gasteiger partial charge on any atom is -0.395 e. The molecule has 0 saturated carbocycles. The van der Waals surface area contributed by atoms with Crippen LogP contribution >= 0.6 is 0 Å². The van der Waals surface area contributed by atoms with E-state index in [0.29, 0.717) is 5.56 Å². The summed E-state index contributed by atoms with van der Waals surface area (Å²) in [6, 6.07) is 11.6. The quantitative estimate of drug-likeness (QED) is 0.868. The van der Waals surface area contributed by atoms with Gasteiger partial charge in [-0.15, -0.1) is 0 Å². The number of aliphatic hydroxyl groups is 1. The van der Waals surface area contributed by atoms with Gasteiger partial charge in [-0.05, 0) is 18.6 Å². The number of pyridine rings is 1. The maximum Gasteiger partial charge on any atom is 0.255 e. The van der Waals surface area contributed by atoms with Crippen LogP contribution in [0.4, 0.5) is 0 Å². The van der Waals surface area contributed by atoms with Crippen LogP contribution in [0.5, 0.6) is 0 Å². The molecule has 3 N–H and O–H groups in total. The van der Waals surface area contributed by atoms with E-state index >= 15 is 0 Å². The summed E-state index contributed by atoms with van der Waals surface area (Å²) in [7, 11) is 0. The van der Waals surface area contributed by atoms with Gasteiger partial charge >= 0.3 is 0 Å². The van der Waals surface area contributed by atoms with E-state index in [1.54, 1.807) is 10.6 Å². The van der Waals surface area contributed by atoms with Crippen LogP contribution in [-0.2, 0) is 13.1 Å². The average Bonchev–Trinajstić information content (AvgIpc) is 2.42. The van der Waals surface area contributed by atoms with E-state index in [4.69, 9.17) is 10.8 Å². The molecule has 4 nitrogen and oxygen atoms in total. The Morgan fingerprint density at radius 3 is 2.42 bits per heavy atom. The Kier molecular flexibility index (Phi) is 4.14. The molecule has 4 heteroatoms. The Hall–Kier alpha value is -1.91. The van der Waals surface area contributed by atoms with Gasteiger partial charge in [0.15, 0.2) is 0 Å². The molecule has 0 radical (unpaired) electrons. The molecule has 0 aliphatic rings. The molecule has 0 aliphatic carbocycles. The third-order valence-electron chi connectivity index (χ3n) is 3.14. The summed E-state index contributed by atoms with van der Waals surface area (Å²) in [5.74, 6) is 0. The summed E-state index contributed by atoms with van der Waals surface area (Å²) in [6.07, 6.45) is 0. The van der Waals surface area contributed by atoms with Gasteiger partial charge in [-0.1, -0.05) is 35.9 Å². The lowest BCUT2D eigenvalue weighted by atomic mass is 10.1. The molecular weight excluding hydrogens is 240 g/mol. The predicted octanol–water partition coefficient (Wildman–Crippen LogP) is 1.27. The van der Waals surface area contributed by atoms with Crippen LogP contribution in [0.25, 0.3) is 11.3 Å². The van der Waals surface area contributed by atoms with E-state index in [9.17, 15) is 4.79 Å². The van der Waals surface area contributed by atoms with Crippen molar-refractivity contribution in [2.45, 2.75) is 20.0 Å². The highest BCUT2D eigenvalue weighted by molar-refractivity contribution is 5.60. The SMILES string of the molecule is Cc1ccc(-c2ccc(CN)c(=O)n2CCO)cc1. The number of aromatic nitrogens is 1. The number of hydrogen-bond acceptors (Lipinski definition) is 3. The summed E-state index contributed by atoms with van der Waals surface area (Å²) >= 11 is 0. The predicted molar refractivity (Wildman–Crippen MR) is 75.9 cm³/mol. The second-order valence-electron chi connectivity index (χ2n) is 4.49. The Bertz CT molecular complexity index is 615. The molecule has 0 amide bonds. The number of nitrogens with two attached hydrogens (primary N) is 1. The Labute approximate surface area is 112 Å². The van der Waals surface area contributed by atoms with Gasteiger partial charge in [0.25, 0.3) is 5.56 Å². The Morgan fingerprint density at radius 1 is 1.16 bits per heavy atom. The van der Waals surface area contributed by atoms with E-state index in [1.165, 1.54) is 5.56 Å². The van der Waals surface area contributed by atoms with Crippen LogP contribution in [0.3, 0.4) is 0 Å². The van der Waals surface area contributed by atoms with Crippen molar-refractivity contribution < 1.29 is 5.11 Å². The minimum atomic E-state index is -0.130. The van der Waals surface area contributed by atoms with Crippen molar-refractivity contribution >= 4 is 0 Å². The lowest BCUT2D eigenvalue weighted by Crippen LogP contribution is -2.27. The summed E-state index contributed by atoms with van der Waals surface area (Å²) in [5.41, 5.74) is 8.90. The van der Waals surface area contributed by atoms with Gasteiger partial charge in [-0.2, -0.15) is 0 Å². The summed E-state index contributed by atoms with van der Waals surface area (Å²) in [6.45, 7) is 2.42. The van der Waals surface area contributed by atoms with E-state index in [-0.39, 0.29) is 25.3 Å². The maximum atomic E-state index is 12.2. The van der Waals surface area contributed by atoms with Gasteiger partial charge in [0.2, 0.25) is 0 Å². The summed E-state index contributed by atoms with van der Waals surface area (Å²) in [4.78, 5) is 12.2. The normalized spacial score (nSPS) is 10.7. The first-order valence-electron chi connectivity index (χ1n) is 6.28. The number of rotatable bonds is 4. The first kappa shape index (κ1) is 13.5. The van der Waals surface area contributed by atoms with Gasteiger partial charge in [0, 0.05) is 18.7 Å². The fourth-order valence-electron chi connectivity index (χ4n) is 2.08. The van der Waals surface area contributed by atoms with Crippen molar-refractivity contribution in [1.82, 2.24) is 4.57 Å². The summed E-state index contributed by atoms with van der Waals surface area (Å²) in [5, 5.41) is 9.13. The molecule has 1 heterocycles. The van der Waals surface area contributed by atoms with E-state index < -0.39 is 0 Å². The molecule has 100 valence electrons. The van der Waals surface area contributed by atoms with Crippen molar-refractivity contribution in [3.63, 3.8) is 0 Å². The molecule has 0 fully saturated rings. The van der Waals surface area contributed by atoms with Gasteiger partial charge in [-0.25, -0.2) is 0 Å². The lowest BCUT2D eigenvalue weighted by molar-refractivity contribution is 0.274. The zero-order chi connectivity index (χ0) is 13.8. The first-order valence-corrected chi connectivity index (χ1v) is 6.28. The van der Waals surface area contributed by atoms with Crippen molar-refractivity contribution in [2.24, 2.45) is 5.73 Å². The zero-order valence-corrected chi connectivity index (χ0v) is 11.0. The van der Waals surface area contributed by atoms with Crippen molar-refractivity contribution in [3.05, 3.63) is 57.9 Å². The number of nitrogens with zero attached hydrogens (tertiary/aromatic N) is 1. The second-order valence-corrected chi connectivity index (χ2v) is 4.49. The molecule has 1 aromatic carbocycles. The Morgan fingerprint density at radius 2 is 1.84 bits per heavy atom. The molecule has 0 unspecified atom stereocenters. The van der Waals surface area contributed by atoms with Gasteiger partial charge in [-0.3, -0.25) is 4.79 Å². The third kappa shape index (κ3) is 2.75. The minimum absolute atomic E-state index is 0.0766. The molecular formula is C15H18N2O2. The fraction of sp³-hybridized carbons (Fsp3) is 0.267. The number of aliphatic hydroxyl groups excluding tert-OH is 1. The lowest BCUT2D eigenvalue weighted by Gasteiger charge is -2.13. The molecule has 1 aromatic heterocycles. The van der Waals surface area contributed by atoms with Crippen LogP contribution in [0.2, 0.25) is 0 Å². The smallest absolute Gasteiger partial charge is 0.255 e. The van der Waals surface area contributed by atoms with Crippen molar-refractivity contribution in [3.8, 4) is 11.3 Å². The molecule has 2 aromatic rings. The van der Waals surface area contributed by atoms with Gasteiger partial charge in [0.1, 0.15) is 0 Å². The molecule has 0 aliphatic heterocycles. The van der Waals surface area contributed by atoms with Crippen molar-refractivity contribution in [2.75, 3.05) is 6.61 Å². The number of benzene rings is 1. The Balaban J connectivity index is 2.59. The molecule has 0 saturated heterocycles. The standard InChI is InChI=1S/C15H18N2O2/c1-11-2-4-12(5-3-11)14-7-6-13(10-16)15(19)17(14)8-9-18/h2-7,18H,8-10,16H2,1H3. The topological polar surface area (TPSA) is 68.2 Å². The van der Waals surface area contributed by atoms with Gasteiger partial charge < -0.3 is 15.4 Å². The second kappa shape index (κ2) is 5.82. The average molecular weight is 258 g/mol.